The third kappa shape index (κ3) is 5.31. The minimum atomic E-state index is -0.179. The molecule has 0 spiro atoms. The Balaban J connectivity index is 1.23. The smallest absolute Gasteiger partial charge is 0.251 e. The Morgan fingerprint density at radius 2 is 1.86 bits per heavy atom. The number of hydrogen-bond acceptors (Lipinski definition) is 4. The minimum Gasteiger partial charge on any atom is -0.348 e. The van der Waals surface area contributed by atoms with E-state index in [1.54, 1.807) is 47.4 Å². The zero-order valence-corrected chi connectivity index (χ0v) is 19.5. The molecule has 1 amide bonds. The van der Waals surface area contributed by atoms with Crippen molar-refractivity contribution >= 4 is 28.5 Å². The van der Waals surface area contributed by atoms with Gasteiger partial charge in [-0.3, -0.25) is 14.6 Å². The maximum Gasteiger partial charge on any atom is 0.251 e. The van der Waals surface area contributed by atoms with Crippen LogP contribution >= 0.6 is 11.6 Å². The summed E-state index contributed by atoms with van der Waals surface area (Å²) in [5, 5.41) is 4.38. The number of H-pyrrole nitrogens is 1. The number of halogens is 1. The molecular weight excluding hydrogens is 462 g/mol. The van der Waals surface area contributed by atoms with Crippen molar-refractivity contribution in [3.63, 3.8) is 0 Å². The summed E-state index contributed by atoms with van der Waals surface area (Å²) in [6, 6.07) is 18.5. The first kappa shape index (κ1) is 22.6. The monoisotopic (exact) mass is 483 g/mol. The molecule has 2 N–H and O–H groups in total. The molecule has 0 aliphatic rings. The number of nitrogens with one attached hydrogen (secondary N) is 2. The van der Waals surface area contributed by atoms with Gasteiger partial charge in [0.15, 0.2) is 0 Å². The molecule has 5 rings (SSSR count). The predicted octanol–water partition coefficient (Wildman–Crippen LogP) is 4.34. The molecule has 0 saturated heterocycles. The lowest BCUT2D eigenvalue weighted by Crippen LogP contribution is -2.22. The lowest BCUT2D eigenvalue weighted by Gasteiger charge is -2.08. The van der Waals surface area contributed by atoms with E-state index in [9.17, 15) is 9.59 Å². The number of fused-ring (bicyclic) bond motifs is 1. The van der Waals surface area contributed by atoms with Crippen LogP contribution in [0.3, 0.4) is 0 Å². The Bertz CT molecular complexity index is 1560. The number of pyridine rings is 3. The van der Waals surface area contributed by atoms with E-state index in [4.69, 9.17) is 11.6 Å². The van der Waals surface area contributed by atoms with Gasteiger partial charge in [0.1, 0.15) is 5.65 Å². The van der Waals surface area contributed by atoms with Crippen LogP contribution in [0, 0.1) is 0 Å². The van der Waals surface area contributed by atoms with Crippen LogP contribution in [0.5, 0.6) is 0 Å². The van der Waals surface area contributed by atoms with Gasteiger partial charge < -0.3 is 14.9 Å². The van der Waals surface area contributed by atoms with Crippen LogP contribution in [0.2, 0.25) is 5.02 Å². The quantitative estimate of drug-likeness (QED) is 0.360. The second-order valence-electron chi connectivity index (χ2n) is 8.24. The highest BCUT2D eigenvalue weighted by atomic mass is 35.5. The van der Waals surface area contributed by atoms with Gasteiger partial charge in [-0.15, -0.1) is 0 Å². The Kier molecular flexibility index (Phi) is 6.41. The number of aromatic nitrogens is 4. The maximum absolute atomic E-state index is 12.8. The molecule has 8 heteroatoms. The first-order valence-corrected chi connectivity index (χ1v) is 11.5. The summed E-state index contributed by atoms with van der Waals surface area (Å²) in [6.45, 7) is 0.872. The van der Waals surface area contributed by atoms with E-state index in [1.165, 1.54) is 0 Å². The van der Waals surface area contributed by atoms with E-state index in [-0.39, 0.29) is 11.5 Å². The summed E-state index contributed by atoms with van der Waals surface area (Å²) in [6.07, 6.45) is 7.43. The van der Waals surface area contributed by atoms with Crippen LogP contribution in [0.25, 0.3) is 11.0 Å². The molecule has 0 unspecified atom stereocenters. The van der Waals surface area contributed by atoms with Crippen molar-refractivity contribution in [2.45, 2.75) is 19.5 Å². The number of carbonyl (C=O) groups excluding carboxylic acids is 1. The molecule has 0 aliphatic carbocycles. The van der Waals surface area contributed by atoms with Crippen molar-refractivity contribution in [3.05, 3.63) is 129 Å². The van der Waals surface area contributed by atoms with Gasteiger partial charge in [-0.2, -0.15) is 0 Å². The van der Waals surface area contributed by atoms with Crippen molar-refractivity contribution in [1.82, 2.24) is 24.8 Å². The van der Waals surface area contributed by atoms with Crippen molar-refractivity contribution in [2.75, 3.05) is 0 Å². The number of hydrogen-bond donors (Lipinski definition) is 2. The summed E-state index contributed by atoms with van der Waals surface area (Å²) in [5.74, 6) is -0.179. The topological polar surface area (TPSA) is 92.7 Å². The zero-order valence-electron chi connectivity index (χ0n) is 18.7. The number of carbonyl (C=O) groups is 1. The number of amides is 1. The molecule has 7 nitrogen and oxygen atoms in total. The van der Waals surface area contributed by atoms with Gasteiger partial charge in [-0.05, 0) is 41.0 Å². The van der Waals surface area contributed by atoms with Gasteiger partial charge in [0.05, 0.1) is 11.6 Å². The van der Waals surface area contributed by atoms with Gasteiger partial charge in [-0.1, -0.05) is 41.9 Å². The maximum atomic E-state index is 12.8. The van der Waals surface area contributed by atoms with Crippen LogP contribution in [-0.4, -0.2) is 25.4 Å². The highest BCUT2D eigenvalue weighted by molar-refractivity contribution is 6.31. The fourth-order valence-corrected chi connectivity index (χ4v) is 4.09. The fourth-order valence-electron chi connectivity index (χ4n) is 3.93. The van der Waals surface area contributed by atoms with Gasteiger partial charge in [0, 0.05) is 60.5 Å². The van der Waals surface area contributed by atoms with Crippen molar-refractivity contribution in [2.24, 2.45) is 0 Å². The Labute approximate surface area is 206 Å². The average molecular weight is 484 g/mol. The Morgan fingerprint density at radius 3 is 2.69 bits per heavy atom. The molecule has 0 radical (unpaired) electrons. The van der Waals surface area contributed by atoms with Crippen LogP contribution in [0.4, 0.5) is 0 Å². The Hall–Kier alpha value is -4.23. The minimum absolute atomic E-state index is 0.0268. The summed E-state index contributed by atoms with van der Waals surface area (Å²) < 4.78 is 1.67. The fraction of sp³-hybridized carbons (Fsp3) is 0.111. The van der Waals surface area contributed by atoms with E-state index in [0.717, 1.165) is 33.4 Å². The van der Waals surface area contributed by atoms with Gasteiger partial charge in [-0.25, -0.2) is 4.98 Å². The molecule has 0 atom stereocenters. The van der Waals surface area contributed by atoms with Crippen LogP contribution in [-0.2, 0) is 19.5 Å². The zero-order chi connectivity index (χ0) is 24.2. The third-order valence-corrected chi connectivity index (χ3v) is 5.97. The van der Waals surface area contributed by atoms with Crippen LogP contribution < -0.4 is 10.9 Å². The molecule has 4 heterocycles. The van der Waals surface area contributed by atoms with E-state index >= 15 is 0 Å². The standard InChI is InChI=1S/C27H22ClN5O2/c28-22-13-24-21(14-30-26(24)31-16-22)15-32-27(35)20-8-9-29-23(12-20)11-18-4-6-19(7-5-18)17-33-10-2-1-3-25(33)34/h1-10,12-14,16H,11,15,17H2,(H,30,31)(H,32,35). The molecule has 0 aliphatic heterocycles. The molecule has 174 valence electrons. The van der Waals surface area contributed by atoms with Crippen LogP contribution in [0.1, 0.15) is 32.7 Å². The molecule has 1 aromatic carbocycles. The van der Waals surface area contributed by atoms with Crippen molar-refractivity contribution in [3.8, 4) is 0 Å². The molecule has 0 fully saturated rings. The second-order valence-corrected chi connectivity index (χ2v) is 8.68. The molecular formula is C27H22ClN5O2. The van der Waals surface area contributed by atoms with Crippen molar-refractivity contribution in [1.29, 1.82) is 0 Å². The normalized spacial score (nSPS) is 11.0. The first-order chi connectivity index (χ1) is 17.0. The molecule has 0 saturated carbocycles. The van der Waals surface area contributed by atoms with Gasteiger partial charge >= 0.3 is 0 Å². The third-order valence-electron chi connectivity index (χ3n) is 5.76. The van der Waals surface area contributed by atoms with E-state index < -0.39 is 0 Å². The molecule has 5 aromatic rings. The van der Waals surface area contributed by atoms with Gasteiger partial charge in [0.25, 0.3) is 11.5 Å². The number of nitrogens with zero attached hydrogens (tertiary/aromatic N) is 3. The first-order valence-electron chi connectivity index (χ1n) is 11.1. The lowest BCUT2D eigenvalue weighted by molar-refractivity contribution is 0.0951. The second kappa shape index (κ2) is 9.95. The number of aromatic amines is 1. The Morgan fingerprint density at radius 1 is 1.03 bits per heavy atom. The SMILES string of the molecule is O=C(NCc1c[nH]c2ncc(Cl)cc12)c1ccnc(Cc2ccc(Cn3ccccc3=O)cc2)c1. The summed E-state index contributed by atoms with van der Waals surface area (Å²) in [4.78, 5) is 36.4. The average Bonchev–Trinajstić information content (AvgIpc) is 3.27. The van der Waals surface area contributed by atoms with E-state index in [1.807, 2.05) is 42.6 Å². The highest BCUT2D eigenvalue weighted by Crippen LogP contribution is 2.20. The highest BCUT2D eigenvalue weighted by Gasteiger charge is 2.10. The van der Waals surface area contributed by atoms with Crippen LogP contribution in [0.15, 0.2) is 90.2 Å². The van der Waals surface area contributed by atoms with Gasteiger partial charge in [0.2, 0.25) is 0 Å². The predicted molar refractivity (Wildman–Crippen MR) is 136 cm³/mol. The van der Waals surface area contributed by atoms with E-state index in [0.29, 0.717) is 30.1 Å². The largest absolute Gasteiger partial charge is 0.348 e. The molecule has 0 bridgehead atoms. The van der Waals surface area contributed by atoms with E-state index in [2.05, 4.69) is 20.3 Å². The van der Waals surface area contributed by atoms with Crippen molar-refractivity contribution < 1.29 is 4.79 Å². The number of benzene rings is 1. The molecule has 35 heavy (non-hydrogen) atoms. The number of rotatable bonds is 7. The molecule has 4 aromatic heterocycles. The summed E-state index contributed by atoms with van der Waals surface area (Å²) >= 11 is 6.06. The lowest BCUT2D eigenvalue weighted by atomic mass is 10.1. The summed E-state index contributed by atoms with van der Waals surface area (Å²) in [7, 11) is 0. The summed E-state index contributed by atoms with van der Waals surface area (Å²) in [5.41, 5.74) is 5.07.